The molecule has 7 nitrogen and oxygen atoms in total. The van der Waals surface area contributed by atoms with Crippen molar-refractivity contribution in [3.05, 3.63) is 59.3 Å². The lowest BCUT2D eigenvalue weighted by atomic mass is 10.0. The molecule has 0 aliphatic rings. The molecular formula is C25H30N2O5. The first-order valence-corrected chi connectivity index (χ1v) is 10.7. The number of aryl methyl sites for hydroxylation is 1. The lowest BCUT2D eigenvalue weighted by Gasteiger charge is -2.10. The first-order chi connectivity index (χ1) is 15.5. The first-order valence-electron chi connectivity index (χ1n) is 10.7. The van der Waals surface area contributed by atoms with Crippen molar-refractivity contribution in [2.75, 3.05) is 26.1 Å². The van der Waals surface area contributed by atoms with E-state index in [1.54, 1.807) is 19.2 Å². The molecule has 32 heavy (non-hydrogen) atoms. The number of rotatable bonds is 9. The van der Waals surface area contributed by atoms with E-state index in [1.807, 2.05) is 35.9 Å². The maximum atomic E-state index is 12.1. The minimum absolute atomic E-state index is 0.405. The number of ether oxygens (including phenoxy) is 3. The molecule has 0 atom stereocenters. The standard InChI is InChI=1S/C25H30N2O5/c1-5-6-7-12-32-25(29)26-20-10-11-22-21(15-20)19(16-27(22)2)13-17-8-9-18(24(28)31-4)14-23(17)30-3/h8-11,14-16H,5-7,12-13H2,1-4H3,(H,26,29). The molecule has 2 aromatic carbocycles. The fourth-order valence-corrected chi connectivity index (χ4v) is 3.70. The fourth-order valence-electron chi connectivity index (χ4n) is 3.70. The van der Waals surface area contributed by atoms with Gasteiger partial charge < -0.3 is 18.8 Å². The van der Waals surface area contributed by atoms with Crippen molar-refractivity contribution in [3.8, 4) is 5.75 Å². The molecule has 3 aromatic rings. The third-order valence-electron chi connectivity index (χ3n) is 5.39. The summed E-state index contributed by atoms with van der Waals surface area (Å²) in [4.78, 5) is 23.9. The van der Waals surface area contributed by atoms with Crippen molar-refractivity contribution >= 4 is 28.7 Å². The number of anilines is 1. The first kappa shape index (κ1) is 23.2. The predicted octanol–water partition coefficient (Wildman–Crippen LogP) is 5.30. The minimum Gasteiger partial charge on any atom is -0.496 e. The van der Waals surface area contributed by atoms with Crippen molar-refractivity contribution in [3.63, 3.8) is 0 Å². The lowest BCUT2D eigenvalue weighted by Crippen LogP contribution is -2.14. The zero-order valence-electron chi connectivity index (χ0n) is 19.1. The van der Waals surface area contributed by atoms with Gasteiger partial charge in [-0.2, -0.15) is 0 Å². The van der Waals surface area contributed by atoms with Crippen molar-refractivity contribution < 1.29 is 23.8 Å². The normalized spacial score (nSPS) is 10.8. The summed E-state index contributed by atoms with van der Waals surface area (Å²) in [5.74, 6) is 0.215. The molecule has 7 heteroatoms. The molecule has 0 saturated heterocycles. The van der Waals surface area contributed by atoms with Gasteiger partial charge in [-0.25, -0.2) is 9.59 Å². The molecule has 0 spiro atoms. The second-order valence-electron chi connectivity index (χ2n) is 7.66. The average molecular weight is 439 g/mol. The molecular weight excluding hydrogens is 408 g/mol. The molecule has 1 N–H and O–H groups in total. The van der Waals surface area contributed by atoms with Crippen LogP contribution in [-0.4, -0.2) is 37.5 Å². The summed E-state index contributed by atoms with van der Waals surface area (Å²) in [6.07, 6.45) is 5.20. The smallest absolute Gasteiger partial charge is 0.411 e. The number of hydrogen-bond acceptors (Lipinski definition) is 5. The monoisotopic (exact) mass is 438 g/mol. The number of fused-ring (bicyclic) bond motifs is 1. The van der Waals surface area contributed by atoms with Crippen LogP contribution in [0.3, 0.4) is 0 Å². The molecule has 0 aliphatic heterocycles. The Hall–Kier alpha value is -3.48. The quantitative estimate of drug-likeness (QED) is 0.362. The Balaban J connectivity index is 1.82. The minimum atomic E-state index is -0.446. The van der Waals surface area contributed by atoms with Gasteiger partial charge in [-0.15, -0.1) is 0 Å². The van der Waals surface area contributed by atoms with Gasteiger partial charge in [0.25, 0.3) is 0 Å². The highest BCUT2D eigenvalue weighted by Crippen LogP contribution is 2.30. The summed E-state index contributed by atoms with van der Waals surface area (Å²) in [6.45, 7) is 2.52. The largest absolute Gasteiger partial charge is 0.496 e. The van der Waals surface area contributed by atoms with Crippen LogP contribution < -0.4 is 10.1 Å². The highest BCUT2D eigenvalue weighted by molar-refractivity contribution is 5.92. The van der Waals surface area contributed by atoms with Crippen LogP contribution in [0.25, 0.3) is 10.9 Å². The number of nitrogens with zero attached hydrogens (tertiary/aromatic N) is 1. The number of carbonyl (C=O) groups is 2. The maximum Gasteiger partial charge on any atom is 0.411 e. The van der Waals surface area contributed by atoms with Crippen LogP contribution in [0.1, 0.15) is 47.7 Å². The SMILES string of the molecule is CCCCCOC(=O)Nc1ccc2c(c1)c(Cc1ccc(C(=O)OC)cc1OC)cn2C. The van der Waals surface area contributed by atoms with Gasteiger partial charge in [0.2, 0.25) is 0 Å². The molecule has 1 amide bonds. The van der Waals surface area contributed by atoms with Gasteiger partial charge in [-0.3, -0.25) is 5.32 Å². The van der Waals surface area contributed by atoms with Gasteiger partial charge in [0.15, 0.2) is 0 Å². The van der Waals surface area contributed by atoms with E-state index >= 15 is 0 Å². The van der Waals surface area contributed by atoms with E-state index < -0.39 is 12.1 Å². The van der Waals surface area contributed by atoms with E-state index in [0.717, 1.165) is 41.3 Å². The van der Waals surface area contributed by atoms with Crippen LogP contribution in [0.4, 0.5) is 10.5 Å². The van der Waals surface area contributed by atoms with E-state index in [1.165, 1.54) is 7.11 Å². The van der Waals surface area contributed by atoms with Crippen LogP contribution in [0.2, 0.25) is 0 Å². The lowest BCUT2D eigenvalue weighted by molar-refractivity contribution is 0.0600. The van der Waals surface area contributed by atoms with Crippen molar-refractivity contribution in [1.82, 2.24) is 4.57 Å². The number of nitrogens with one attached hydrogen (secondary N) is 1. The van der Waals surface area contributed by atoms with E-state index in [-0.39, 0.29) is 0 Å². The molecule has 170 valence electrons. The summed E-state index contributed by atoms with van der Waals surface area (Å²) in [7, 11) is 4.92. The van der Waals surface area contributed by atoms with Crippen LogP contribution >= 0.6 is 0 Å². The molecule has 0 fully saturated rings. The Bertz CT molecular complexity index is 1100. The predicted molar refractivity (Wildman–Crippen MR) is 125 cm³/mol. The van der Waals surface area contributed by atoms with Gasteiger partial charge >= 0.3 is 12.1 Å². The number of esters is 1. The van der Waals surface area contributed by atoms with E-state index in [0.29, 0.717) is 30.0 Å². The molecule has 0 unspecified atom stereocenters. The Morgan fingerprint density at radius 3 is 2.56 bits per heavy atom. The average Bonchev–Trinajstić information content (AvgIpc) is 3.11. The third kappa shape index (κ3) is 5.41. The van der Waals surface area contributed by atoms with Gasteiger partial charge in [0.1, 0.15) is 5.75 Å². The second kappa shape index (κ2) is 10.7. The summed E-state index contributed by atoms with van der Waals surface area (Å²) in [5.41, 5.74) is 4.19. The molecule has 1 heterocycles. The summed E-state index contributed by atoms with van der Waals surface area (Å²) in [5, 5.41) is 3.84. The molecule has 0 aliphatic carbocycles. The molecule has 3 rings (SSSR count). The fraction of sp³-hybridized carbons (Fsp3) is 0.360. The maximum absolute atomic E-state index is 12.1. The van der Waals surface area contributed by atoms with E-state index in [4.69, 9.17) is 14.2 Å². The number of methoxy groups -OCH3 is 2. The van der Waals surface area contributed by atoms with Gasteiger partial charge in [0, 0.05) is 36.3 Å². The number of benzene rings is 2. The zero-order chi connectivity index (χ0) is 23.1. The number of amides is 1. The van der Waals surface area contributed by atoms with Gasteiger partial charge in [-0.05, 0) is 47.9 Å². The summed E-state index contributed by atoms with van der Waals surface area (Å²) in [6, 6.07) is 11.1. The van der Waals surface area contributed by atoms with Crippen LogP contribution in [-0.2, 0) is 22.9 Å². The van der Waals surface area contributed by atoms with Crippen LogP contribution in [0.5, 0.6) is 5.75 Å². The number of unbranched alkanes of at least 4 members (excludes halogenated alkanes) is 2. The number of carbonyl (C=O) groups excluding carboxylic acids is 2. The van der Waals surface area contributed by atoms with E-state index in [2.05, 4.69) is 18.4 Å². The number of aromatic nitrogens is 1. The van der Waals surface area contributed by atoms with Crippen LogP contribution in [0, 0.1) is 0 Å². The molecule has 0 saturated carbocycles. The second-order valence-corrected chi connectivity index (χ2v) is 7.66. The van der Waals surface area contributed by atoms with Gasteiger partial charge in [0.05, 0.1) is 26.4 Å². The highest BCUT2D eigenvalue weighted by Gasteiger charge is 2.14. The Kier molecular flexibility index (Phi) is 7.76. The molecule has 1 aromatic heterocycles. The number of hydrogen-bond donors (Lipinski definition) is 1. The highest BCUT2D eigenvalue weighted by atomic mass is 16.5. The van der Waals surface area contributed by atoms with E-state index in [9.17, 15) is 9.59 Å². The van der Waals surface area contributed by atoms with Crippen molar-refractivity contribution in [2.45, 2.75) is 32.6 Å². The summed E-state index contributed by atoms with van der Waals surface area (Å²) >= 11 is 0. The third-order valence-corrected chi connectivity index (χ3v) is 5.39. The Morgan fingerprint density at radius 1 is 1.03 bits per heavy atom. The molecule has 0 radical (unpaired) electrons. The van der Waals surface area contributed by atoms with Crippen molar-refractivity contribution in [1.29, 1.82) is 0 Å². The topological polar surface area (TPSA) is 78.8 Å². The van der Waals surface area contributed by atoms with Crippen LogP contribution in [0.15, 0.2) is 42.6 Å². The Morgan fingerprint density at radius 2 is 1.84 bits per heavy atom. The Labute approximate surface area is 188 Å². The van der Waals surface area contributed by atoms with Crippen molar-refractivity contribution in [2.24, 2.45) is 7.05 Å². The summed E-state index contributed by atoms with van der Waals surface area (Å²) < 4.78 is 17.6. The molecule has 0 bridgehead atoms. The zero-order valence-corrected chi connectivity index (χ0v) is 19.1. The van der Waals surface area contributed by atoms with Gasteiger partial charge in [-0.1, -0.05) is 25.8 Å².